The van der Waals surface area contributed by atoms with Gasteiger partial charge in [-0.05, 0) is 24.1 Å². The molecule has 16 heteroatoms. The molecular formula is C22H29F6N3O7. The fourth-order valence-electron chi connectivity index (χ4n) is 4.05. The van der Waals surface area contributed by atoms with Crippen molar-refractivity contribution in [3.05, 3.63) is 30.1 Å². The number of aromatic nitrogens is 1. The van der Waals surface area contributed by atoms with Crippen LogP contribution in [-0.4, -0.2) is 108 Å². The predicted molar refractivity (Wildman–Crippen MR) is 118 cm³/mol. The number of methoxy groups -OCH3 is 2. The molecule has 216 valence electrons. The van der Waals surface area contributed by atoms with Gasteiger partial charge in [0.25, 0.3) is 0 Å². The number of aliphatic carboxylic acids is 2. The molecule has 38 heavy (non-hydrogen) atoms. The van der Waals surface area contributed by atoms with E-state index in [1.165, 1.54) is 5.56 Å². The lowest BCUT2D eigenvalue weighted by Gasteiger charge is -2.41. The zero-order valence-electron chi connectivity index (χ0n) is 20.5. The van der Waals surface area contributed by atoms with E-state index in [2.05, 4.69) is 26.9 Å². The quantitative estimate of drug-likeness (QED) is 0.503. The Labute approximate surface area is 214 Å². The van der Waals surface area contributed by atoms with E-state index in [4.69, 9.17) is 29.3 Å². The van der Waals surface area contributed by atoms with Gasteiger partial charge in [-0.1, -0.05) is 0 Å². The van der Waals surface area contributed by atoms with Crippen molar-refractivity contribution in [2.45, 2.75) is 43.9 Å². The van der Waals surface area contributed by atoms with Gasteiger partial charge in [0.05, 0.1) is 25.2 Å². The number of rotatable bonds is 6. The van der Waals surface area contributed by atoms with E-state index in [-0.39, 0.29) is 18.1 Å². The molecule has 2 aliphatic heterocycles. The average Bonchev–Trinajstić information content (AvgIpc) is 3.25. The monoisotopic (exact) mass is 561 g/mol. The Balaban J connectivity index is 0.000000426. The number of amides is 1. The first-order chi connectivity index (χ1) is 17.6. The third kappa shape index (κ3) is 10.8. The molecule has 2 aliphatic rings. The molecule has 3 rings (SSSR count). The molecule has 0 saturated carbocycles. The van der Waals surface area contributed by atoms with Gasteiger partial charge in [-0.25, -0.2) is 9.59 Å². The smallest absolute Gasteiger partial charge is 0.475 e. The molecule has 0 aromatic carbocycles. The summed E-state index contributed by atoms with van der Waals surface area (Å²) in [5.41, 5.74) is 1.26. The first-order valence-electron chi connectivity index (χ1n) is 11.1. The van der Waals surface area contributed by atoms with E-state index in [0.717, 1.165) is 32.6 Å². The SMILES string of the molecule is COCCC(=O)N1CC[C@@H](OC)[C@H]2CN(Cc3ccncc3)C[C@H]21.O=C(O)C(F)(F)F.O=C(O)C(F)(F)F. The lowest BCUT2D eigenvalue weighted by atomic mass is 9.89. The zero-order chi connectivity index (χ0) is 29.1. The highest BCUT2D eigenvalue weighted by Gasteiger charge is 2.45. The summed E-state index contributed by atoms with van der Waals surface area (Å²) >= 11 is 0. The number of pyridine rings is 1. The summed E-state index contributed by atoms with van der Waals surface area (Å²) in [7, 11) is 3.43. The van der Waals surface area contributed by atoms with Crippen molar-refractivity contribution < 1.29 is 60.4 Å². The highest BCUT2D eigenvalue weighted by atomic mass is 19.4. The Morgan fingerprint density at radius 1 is 1.00 bits per heavy atom. The summed E-state index contributed by atoms with van der Waals surface area (Å²) in [6.07, 6.45) is -4.89. The van der Waals surface area contributed by atoms with Gasteiger partial charge in [0, 0.05) is 58.7 Å². The molecule has 1 amide bonds. The lowest BCUT2D eigenvalue weighted by molar-refractivity contribution is -0.193. The van der Waals surface area contributed by atoms with Gasteiger partial charge in [0.2, 0.25) is 5.91 Å². The average molecular weight is 561 g/mol. The molecule has 1 aromatic rings. The zero-order valence-corrected chi connectivity index (χ0v) is 20.5. The van der Waals surface area contributed by atoms with Gasteiger partial charge in [0.1, 0.15) is 0 Å². The van der Waals surface area contributed by atoms with Gasteiger partial charge in [-0.3, -0.25) is 14.7 Å². The maximum absolute atomic E-state index is 12.5. The van der Waals surface area contributed by atoms with E-state index < -0.39 is 24.3 Å². The molecule has 0 radical (unpaired) electrons. The number of nitrogens with zero attached hydrogens (tertiary/aromatic N) is 3. The minimum Gasteiger partial charge on any atom is -0.475 e. The normalized spacial score (nSPS) is 21.4. The van der Waals surface area contributed by atoms with Crippen molar-refractivity contribution in [3.63, 3.8) is 0 Å². The molecule has 0 aliphatic carbocycles. The summed E-state index contributed by atoms with van der Waals surface area (Å²) in [6.45, 7) is 4.05. The van der Waals surface area contributed by atoms with Crippen LogP contribution in [0.25, 0.3) is 0 Å². The van der Waals surface area contributed by atoms with Crippen LogP contribution in [0.15, 0.2) is 24.5 Å². The van der Waals surface area contributed by atoms with Crippen molar-refractivity contribution in [2.75, 3.05) is 40.5 Å². The van der Waals surface area contributed by atoms with Gasteiger partial charge in [-0.2, -0.15) is 26.3 Å². The maximum atomic E-state index is 12.5. The van der Waals surface area contributed by atoms with Crippen LogP contribution in [0.4, 0.5) is 26.3 Å². The summed E-state index contributed by atoms with van der Waals surface area (Å²) in [5, 5.41) is 14.2. The minimum absolute atomic E-state index is 0.201. The second-order valence-corrected chi connectivity index (χ2v) is 8.28. The Morgan fingerprint density at radius 3 is 1.97 bits per heavy atom. The number of likely N-dealkylation sites (tertiary alicyclic amines) is 2. The predicted octanol–water partition coefficient (Wildman–Crippen LogP) is 2.43. The fourth-order valence-corrected chi connectivity index (χ4v) is 4.05. The number of hydrogen-bond acceptors (Lipinski definition) is 7. The number of hydrogen-bond donors (Lipinski definition) is 2. The van der Waals surface area contributed by atoms with Crippen molar-refractivity contribution in [1.82, 2.24) is 14.8 Å². The first kappa shape index (κ1) is 33.0. The van der Waals surface area contributed by atoms with E-state index in [1.807, 2.05) is 12.4 Å². The third-order valence-electron chi connectivity index (χ3n) is 5.72. The second-order valence-electron chi connectivity index (χ2n) is 8.28. The highest BCUT2D eigenvalue weighted by Crippen LogP contribution is 2.33. The Hall–Kier alpha value is -2.98. The maximum Gasteiger partial charge on any atom is 0.490 e. The molecule has 0 unspecified atom stereocenters. The molecule has 10 nitrogen and oxygen atoms in total. The number of halogens is 6. The van der Waals surface area contributed by atoms with Gasteiger partial charge >= 0.3 is 24.3 Å². The van der Waals surface area contributed by atoms with E-state index in [9.17, 15) is 31.1 Å². The second kappa shape index (κ2) is 14.8. The number of carbonyl (C=O) groups is 3. The Bertz CT molecular complexity index is 878. The molecule has 0 spiro atoms. The van der Waals surface area contributed by atoms with Crippen molar-refractivity contribution in [3.8, 4) is 0 Å². The Morgan fingerprint density at radius 2 is 1.53 bits per heavy atom. The number of alkyl halides is 6. The first-order valence-corrected chi connectivity index (χ1v) is 11.1. The molecule has 0 bridgehead atoms. The molecule has 2 fully saturated rings. The molecule has 2 N–H and O–H groups in total. The standard InChI is InChI=1S/C18H27N3O3.2C2HF3O2/c1-23-10-6-18(22)21-9-5-17(24-2)15-12-20(13-16(15)21)11-14-3-7-19-8-4-14;2*3-2(4,5)1(6)7/h3-4,7-8,15-17H,5-6,9-13H2,1-2H3;2*(H,6,7)/t15-,16+,17+;;/m0../s1. The van der Waals surface area contributed by atoms with E-state index >= 15 is 0 Å². The summed E-state index contributed by atoms with van der Waals surface area (Å²) < 4.78 is 74.3. The lowest BCUT2D eigenvalue weighted by Crippen LogP contribution is -2.53. The van der Waals surface area contributed by atoms with Crippen LogP contribution >= 0.6 is 0 Å². The van der Waals surface area contributed by atoms with Crippen LogP contribution < -0.4 is 0 Å². The van der Waals surface area contributed by atoms with Crippen LogP contribution in [0.5, 0.6) is 0 Å². The fraction of sp³-hybridized carbons (Fsp3) is 0.636. The third-order valence-corrected chi connectivity index (χ3v) is 5.72. The van der Waals surface area contributed by atoms with Gasteiger partial charge in [-0.15, -0.1) is 0 Å². The van der Waals surface area contributed by atoms with Crippen LogP contribution in [0.3, 0.4) is 0 Å². The van der Waals surface area contributed by atoms with E-state index in [0.29, 0.717) is 18.9 Å². The largest absolute Gasteiger partial charge is 0.490 e. The van der Waals surface area contributed by atoms with Crippen molar-refractivity contribution in [1.29, 1.82) is 0 Å². The number of fused-ring (bicyclic) bond motifs is 1. The topological polar surface area (TPSA) is 130 Å². The van der Waals surface area contributed by atoms with Gasteiger partial charge in [0.15, 0.2) is 0 Å². The number of ether oxygens (including phenoxy) is 2. The number of carboxylic acids is 2. The summed E-state index contributed by atoms with van der Waals surface area (Å²) in [4.78, 5) is 38.9. The van der Waals surface area contributed by atoms with Crippen molar-refractivity contribution in [2.24, 2.45) is 5.92 Å². The van der Waals surface area contributed by atoms with Crippen LogP contribution in [0, 0.1) is 5.92 Å². The Kier molecular flexibility index (Phi) is 12.9. The highest BCUT2D eigenvalue weighted by molar-refractivity contribution is 5.77. The number of carbonyl (C=O) groups excluding carboxylic acids is 1. The van der Waals surface area contributed by atoms with Crippen LogP contribution in [0.1, 0.15) is 18.4 Å². The summed E-state index contributed by atoms with van der Waals surface area (Å²) in [6, 6.07) is 4.35. The van der Waals surface area contributed by atoms with Crippen LogP contribution in [0.2, 0.25) is 0 Å². The van der Waals surface area contributed by atoms with Crippen LogP contribution in [-0.2, 0) is 30.4 Å². The molecule has 3 heterocycles. The summed E-state index contributed by atoms with van der Waals surface area (Å²) in [5.74, 6) is -4.93. The molecule has 3 atom stereocenters. The van der Waals surface area contributed by atoms with Crippen molar-refractivity contribution >= 4 is 17.8 Å². The minimum atomic E-state index is -5.08. The van der Waals surface area contributed by atoms with Gasteiger partial charge < -0.3 is 24.6 Å². The van der Waals surface area contributed by atoms with E-state index in [1.54, 1.807) is 14.2 Å². The number of piperidine rings is 1. The molecule has 1 aromatic heterocycles. The molecule has 2 saturated heterocycles. The number of carboxylic acid groups (broad SMARTS) is 2. The molecular weight excluding hydrogens is 532 g/mol.